The molecule has 0 bridgehead atoms. The molecule has 0 radical (unpaired) electrons. The summed E-state index contributed by atoms with van der Waals surface area (Å²) in [5.41, 5.74) is 1.70. The number of nitrogens with zero attached hydrogens (tertiary/aromatic N) is 1. The highest BCUT2D eigenvalue weighted by Gasteiger charge is 2.14. The number of carbonyl (C=O) groups is 2. The van der Waals surface area contributed by atoms with Crippen LogP contribution in [0.15, 0.2) is 60.7 Å². The lowest BCUT2D eigenvalue weighted by Crippen LogP contribution is -2.31. The van der Waals surface area contributed by atoms with Crippen molar-refractivity contribution < 1.29 is 18.7 Å². The maximum absolute atomic E-state index is 13.0. The van der Waals surface area contributed by atoms with E-state index in [-0.39, 0.29) is 30.7 Å². The fourth-order valence-electron chi connectivity index (χ4n) is 2.38. The van der Waals surface area contributed by atoms with Gasteiger partial charge in [-0.2, -0.15) is 0 Å². The van der Waals surface area contributed by atoms with Gasteiger partial charge in [0.2, 0.25) is 5.91 Å². The van der Waals surface area contributed by atoms with E-state index in [0.29, 0.717) is 13.2 Å². The molecule has 0 aromatic heterocycles. The molecule has 0 heterocycles. The third kappa shape index (κ3) is 6.51. The van der Waals surface area contributed by atoms with Gasteiger partial charge in [-0.1, -0.05) is 42.5 Å². The Labute approximate surface area is 152 Å². The third-order valence-corrected chi connectivity index (χ3v) is 3.71. The number of esters is 1. The minimum absolute atomic E-state index is 0.136. The Morgan fingerprint density at radius 2 is 1.77 bits per heavy atom. The lowest BCUT2D eigenvalue weighted by Gasteiger charge is -2.21. The van der Waals surface area contributed by atoms with E-state index >= 15 is 0 Å². The molecule has 1 amide bonds. The third-order valence-electron chi connectivity index (χ3n) is 3.71. The molecule has 0 fully saturated rings. The molecule has 0 aliphatic carbocycles. The summed E-state index contributed by atoms with van der Waals surface area (Å²) < 4.78 is 17.9. The Kier molecular flexibility index (Phi) is 7.55. The smallest absolute Gasteiger partial charge is 0.307 e. The standard InChI is InChI=1S/C21H22FNO3/c1-2-26-21(25)14-15-23(16-18-6-4-3-5-7-18)20(24)13-10-17-8-11-19(22)12-9-17/h3-13H,2,14-16H2,1H3/b13-10+. The van der Waals surface area contributed by atoms with E-state index in [1.54, 1.807) is 30.0 Å². The van der Waals surface area contributed by atoms with Crippen LogP contribution < -0.4 is 0 Å². The molecule has 0 unspecified atom stereocenters. The average Bonchev–Trinajstić information content (AvgIpc) is 2.65. The first kappa shape index (κ1) is 19.4. The van der Waals surface area contributed by atoms with Gasteiger partial charge in [-0.25, -0.2) is 4.39 Å². The van der Waals surface area contributed by atoms with Crippen molar-refractivity contribution in [2.45, 2.75) is 19.9 Å². The van der Waals surface area contributed by atoms with Crippen LogP contribution in [0.2, 0.25) is 0 Å². The van der Waals surface area contributed by atoms with E-state index in [4.69, 9.17) is 4.74 Å². The quantitative estimate of drug-likeness (QED) is 0.534. The Balaban J connectivity index is 2.06. The summed E-state index contributed by atoms with van der Waals surface area (Å²) in [4.78, 5) is 25.8. The molecule has 136 valence electrons. The van der Waals surface area contributed by atoms with Crippen LogP contribution in [0, 0.1) is 5.82 Å². The Morgan fingerprint density at radius 3 is 2.42 bits per heavy atom. The fraction of sp³-hybridized carbons (Fsp3) is 0.238. The maximum Gasteiger partial charge on any atom is 0.307 e. The molecule has 2 aromatic carbocycles. The van der Waals surface area contributed by atoms with E-state index in [1.807, 2.05) is 30.3 Å². The second-order valence-corrected chi connectivity index (χ2v) is 5.69. The van der Waals surface area contributed by atoms with Crippen LogP contribution in [0.4, 0.5) is 4.39 Å². The summed E-state index contributed by atoms with van der Waals surface area (Å²) >= 11 is 0. The molecule has 0 N–H and O–H groups in total. The molecule has 2 aromatic rings. The molecule has 4 nitrogen and oxygen atoms in total. The largest absolute Gasteiger partial charge is 0.466 e. The molecular weight excluding hydrogens is 333 g/mol. The summed E-state index contributed by atoms with van der Waals surface area (Å²) in [5, 5.41) is 0. The summed E-state index contributed by atoms with van der Waals surface area (Å²) in [6.45, 7) is 2.72. The van der Waals surface area contributed by atoms with Gasteiger partial charge in [0.05, 0.1) is 13.0 Å². The minimum Gasteiger partial charge on any atom is -0.466 e. The molecule has 26 heavy (non-hydrogen) atoms. The summed E-state index contributed by atoms with van der Waals surface area (Å²) in [5.74, 6) is -0.878. The van der Waals surface area contributed by atoms with Gasteiger partial charge in [0, 0.05) is 19.2 Å². The molecular formula is C21H22FNO3. The van der Waals surface area contributed by atoms with Gasteiger partial charge in [-0.05, 0) is 36.3 Å². The topological polar surface area (TPSA) is 46.6 Å². The number of amides is 1. The molecule has 0 saturated carbocycles. The van der Waals surface area contributed by atoms with E-state index in [1.165, 1.54) is 18.2 Å². The summed E-state index contributed by atoms with van der Waals surface area (Å²) in [6.07, 6.45) is 3.20. The minimum atomic E-state index is -0.333. The van der Waals surface area contributed by atoms with Crippen LogP contribution in [0.25, 0.3) is 6.08 Å². The van der Waals surface area contributed by atoms with Crippen molar-refractivity contribution in [3.05, 3.63) is 77.6 Å². The lowest BCUT2D eigenvalue weighted by molar-refractivity contribution is -0.143. The number of carbonyl (C=O) groups excluding carboxylic acids is 2. The van der Waals surface area contributed by atoms with Crippen LogP contribution in [-0.4, -0.2) is 29.9 Å². The van der Waals surface area contributed by atoms with Gasteiger partial charge < -0.3 is 9.64 Å². The van der Waals surface area contributed by atoms with Crippen LogP contribution in [0.3, 0.4) is 0 Å². The van der Waals surface area contributed by atoms with Crippen molar-refractivity contribution in [2.75, 3.05) is 13.2 Å². The number of hydrogen-bond donors (Lipinski definition) is 0. The maximum atomic E-state index is 13.0. The molecule has 0 aliphatic rings. The van der Waals surface area contributed by atoms with Crippen LogP contribution in [-0.2, 0) is 20.9 Å². The summed E-state index contributed by atoms with van der Waals surface area (Å²) in [6, 6.07) is 15.4. The van der Waals surface area contributed by atoms with Gasteiger partial charge in [-0.3, -0.25) is 9.59 Å². The zero-order valence-corrected chi connectivity index (χ0v) is 14.7. The number of benzene rings is 2. The molecule has 0 spiro atoms. The fourth-order valence-corrected chi connectivity index (χ4v) is 2.38. The van der Waals surface area contributed by atoms with Gasteiger partial charge in [0.15, 0.2) is 0 Å². The van der Waals surface area contributed by atoms with Gasteiger partial charge in [-0.15, -0.1) is 0 Å². The van der Waals surface area contributed by atoms with E-state index in [0.717, 1.165) is 11.1 Å². The summed E-state index contributed by atoms with van der Waals surface area (Å²) in [7, 11) is 0. The highest BCUT2D eigenvalue weighted by Crippen LogP contribution is 2.09. The predicted molar refractivity (Wildman–Crippen MR) is 98.5 cm³/mol. The SMILES string of the molecule is CCOC(=O)CCN(Cc1ccccc1)C(=O)/C=C/c1ccc(F)cc1. The zero-order valence-electron chi connectivity index (χ0n) is 14.7. The van der Waals surface area contributed by atoms with E-state index < -0.39 is 0 Å². The molecule has 0 atom stereocenters. The molecule has 0 aliphatic heterocycles. The molecule has 0 saturated heterocycles. The van der Waals surface area contributed by atoms with Crippen molar-refractivity contribution in [1.29, 1.82) is 0 Å². The number of rotatable bonds is 8. The van der Waals surface area contributed by atoms with Crippen molar-refractivity contribution in [3.8, 4) is 0 Å². The van der Waals surface area contributed by atoms with Crippen molar-refractivity contribution in [1.82, 2.24) is 4.90 Å². The van der Waals surface area contributed by atoms with Crippen molar-refractivity contribution >= 4 is 18.0 Å². The number of hydrogen-bond acceptors (Lipinski definition) is 3. The van der Waals surface area contributed by atoms with Gasteiger partial charge in [0.1, 0.15) is 5.82 Å². The number of ether oxygens (including phenoxy) is 1. The second kappa shape index (κ2) is 10.1. The normalized spacial score (nSPS) is 10.7. The van der Waals surface area contributed by atoms with Crippen LogP contribution in [0.1, 0.15) is 24.5 Å². The molecule has 2 rings (SSSR count). The second-order valence-electron chi connectivity index (χ2n) is 5.69. The average molecular weight is 355 g/mol. The number of halogens is 1. The predicted octanol–water partition coefficient (Wildman–Crippen LogP) is 3.82. The Bertz CT molecular complexity index is 742. The lowest BCUT2D eigenvalue weighted by atomic mass is 10.2. The first-order valence-electron chi connectivity index (χ1n) is 8.50. The Morgan fingerprint density at radius 1 is 1.08 bits per heavy atom. The van der Waals surface area contributed by atoms with Gasteiger partial charge >= 0.3 is 5.97 Å². The Hall–Kier alpha value is -2.95. The molecule has 5 heteroatoms. The first-order chi connectivity index (χ1) is 12.6. The monoisotopic (exact) mass is 355 g/mol. The zero-order chi connectivity index (χ0) is 18.8. The highest BCUT2D eigenvalue weighted by molar-refractivity contribution is 5.92. The van der Waals surface area contributed by atoms with E-state index in [9.17, 15) is 14.0 Å². The van der Waals surface area contributed by atoms with E-state index in [2.05, 4.69) is 0 Å². The first-order valence-corrected chi connectivity index (χ1v) is 8.50. The highest BCUT2D eigenvalue weighted by atomic mass is 19.1. The van der Waals surface area contributed by atoms with Crippen LogP contribution in [0.5, 0.6) is 0 Å². The van der Waals surface area contributed by atoms with Crippen LogP contribution >= 0.6 is 0 Å². The van der Waals surface area contributed by atoms with Crippen molar-refractivity contribution in [3.63, 3.8) is 0 Å². The van der Waals surface area contributed by atoms with Gasteiger partial charge in [0.25, 0.3) is 0 Å². The van der Waals surface area contributed by atoms with Crippen molar-refractivity contribution in [2.24, 2.45) is 0 Å².